The summed E-state index contributed by atoms with van der Waals surface area (Å²) in [7, 11) is 0. The number of nitrogens with zero attached hydrogens (tertiary/aromatic N) is 1. The molecule has 1 aliphatic rings. The van der Waals surface area contributed by atoms with Gasteiger partial charge in [-0.05, 0) is 38.1 Å². The van der Waals surface area contributed by atoms with Crippen molar-refractivity contribution in [2.75, 3.05) is 25.0 Å². The van der Waals surface area contributed by atoms with Crippen LogP contribution in [0.25, 0.3) is 0 Å². The van der Waals surface area contributed by atoms with Crippen molar-refractivity contribution in [2.45, 2.75) is 25.8 Å². The molecule has 6 heteroatoms. The molecule has 1 fully saturated rings. The van der Waals surface area contributed by atoms with E-state index in [9.17, 15) is 13.6 Å². The van der Waals surface area contributed by atoms with Crippen LogP contribution in [0.2, 0.25) is 0 Å². The maximum atomic E-state index is 13.8. The van der Waals surface area contributed by atoms with E-state index in [1.54, 1.807) is 0 Å². The van der Waals surface area contributed by atoms with Crippen LogP contribution >= 0.6 is 0 Å². The summed E-state index contributed by atoms with van der Waals surface area (Å²) in [6, 6.07) is 2.66. The summed E-state index contributed by atoms with van der Waals surface area (Å²) in [5, 5.41) is 11.6. The molecule has 110 valence electrons. The van der Waals surface area contributed by atoms with Gasteiger partial charge in [0.05, 0.1) is 11.3 Å². The average molecular weight is 284 g/mol. The number of benzene rings is 1. The Bertz CT molecular complexity index is 508. The summed E-state index contributed by atoms with van der Waals surface area (Å²) in [6.07, 6.45) is 2.13. The number of anilines is 1. The van der Waals surface area contributed by atoms with Gasteiger partial charge in [0, 0.05) is 12.6 Å². The van der Waals surface area contributed by atoms with E-state index in [2.05, 4.69) is 17.1 Å². The molecule has 2 rings (SSSR count). The predicted molar refractivity (Wildman–Crippen MR) is 72.1 cm³/mol. The van der Waals surface area contributed by atoms with Gasteiger partial charge in [-0.1, -0.05) is 6.92 Å². The second-order valence-electron chi connectivity index (χ2n) is 4.90. The van der Waals surface area contributed by atoms with Crippen molar-refractivity contribution in [3.8, 4) is 0 Å². The Morgan fingerprint density at radius 2 is 2.20 bits per heavy atom. The van der Waals surface area contributed by atoms with E-state index in [4.69, 9.17) is 5.11 Å². The van der Waals surface area contributed by atoms with Crippen LogP contribution in [-0.2, 0) is 0 Å². The van der Waals surface area contributed by atoms with E-state index >= 15 is 0 Å². The van der Waals surface area contributed by atoms with Gasteiger partial charge in [0.25, 0.3) is 0 Å². The quantitative estimate of drug-likeness (QED) is 0.872. The van der Waals surface area contributed by atoms with Crippen LogP contribution in [0.4, 0.5) is 14.5 Å². The molecule has 1 unspecified atom stereocenters. The van der Waals surface area contributed by atoms with Gasteiger partial charge >= 0.3 is 5.97 Å². The topological polar surface area (TPSA) is 52.6 Å². The van der Waals surface area contributed by atoms with Crippen LogP contribution in [0.5, 0.6) is 0 Å². The Balaban J connectivity index is 2.07. The Morgan fingerprint density at radius 3 is 2.85 bits per heavy atom. The number of nitrogens with one attached hydrogen (secondary N) is 1. The summed E-state index contributed by atoms with van der Waals surface area (Å²) in [4.78, 5) is 13.0. The zero-order chi connectivity index (χ0) is 14.7. The van der Waals surface area contributed by atoms with Crippen molar-refractivity contribution in [2.24, 2.45) is 0 Å². The highest BCUT2D eigenvalue weighted by molar-refractivity contribution is 5.88. The molecular formula is C14H18F2N2O2. The minimum atomic E-state index is -1.47. The highest BCUT2D eigenvalue weighted by atomic mass is 19.2. The second kappa shape index (κ2) is 6.17. The minimum Gasteiger partial charge on any atom is -0.478 e. The number of carboxylic acids is 1. The Labute approximate surface area is 116 Å². The van der Waals surface area contributed by atoms with Crippen molar-refractivity contribution < 1.29 is 18.7 Å². The lowest BCUT2D eigenvalue weighted by molar-refractivity contribution is 0.0690. The third-order valence-electron chi connectivity index (χ3n) is 3.75. The van der Waals surface area contributed by atoms with Gasteiger partial charge in [0.1, 0.15) is 0 Å². The van der Waals surface area contributed by atoms with Crippen LogP contribution < -0.4 is 5.32 Å². The molecule has 0 saturated carbocycles. The summed E-state index contributed by atoms with van der Waals surface area (Å²) in [5.41, 5.74) is -0.639. The highest BCUT2D eigenvalue weighted by Gasteiger charge is 2.23. The monoisotopic (exact) mass is 284 g/mol. The summed E-state index contributed by atoms with van der Waals surface area (Å²) >= 11 is 0. The molecule has 0 spiro atoms. The lowest BCUT2D eigenvalue weighted by Crippen LogP contribution is -2.34. The van der Waals surface area contributed by atoms with Crippen molar-refractivity contribution in [3.05, 3.63) is 29.3 Å². The van der Waals surface area contributed by atoms with Crippen LogP contribution in [0.1, 0.15) is 30.1 Å². The van der Waals surface area contributed by atoms with Crippen LogP contribution in [0, 0.1) is 11.6 Å². The number of halogens is 2. The molecule has 2 N–H and O–H groups in total. The standard InChI is InChI=1S/C14H18F2N2O2/c1-2-18-7-3-4-9(18)8-17-11-6-5-10(14(19)20)12(15)13(11)16/h5-6,9,17H,2-4,7-8H2,1H3,(H,19,20). The molecule has 1 saturated heterocycles. The molecule has 1 heterocycles. The second-order valence-corrected chi connectivity index (χ2v) is 4.90. The SMILES string of the molecule is CCN1CCCC1CNc1ccc(C(=O)O)c(F)c1F. The van der Waals surface area contributed by atoms with E-state index in [0.717, 1.165) is 32.0 Å². The van der Waals surface area contributed by atoms with E-state index in [1.165, 1.54) is 6.07 Å². The first kappa shape index (κ1) is 14.7. The number of likely N-dealkylation sites (tertiary alicyclic amines) is 1. The zero-order valence-electron chi connectivity index (χ0n) is 11.3. The fourth-order valence-corrected chi connectivity index (χ4v) is 2.62. The van der Waals surface area contributed by atoms with Gasteiger partial charge in [-0.2, -0.15) is 0 Å². The fraction of sp³-hybridized carbons (Fsp3) is 0.500. The molecule has 20 heavy (non-hydrogen) atoms. The zero-order valence-corrected chi connectivity index (χ0v) is 11.3. The molecule has 0 bridgehead atoms. The van der Waals surface area contributed by atoms with Gasteiger partial charge in [-0.25, -0.2) is 13.6 Å². The van der Waals surface area contributed by atoms with Crippen molar-refractivity contribution in [3.63, 3.8) is 0 Å². The molecule has 4 nitrogen and oxygen atoms in total. The first-order chi connectivity index (χ1) is 9.54. The first-order valence-corrected chi connectivity index (χ1v) is 6.73. The summed E-state index contributed by atoms with van der Waals surface area (Å²) in [5.74, 6) is -3.92. The Morgan fingerprint density at radius 1 is 1.45 bits per heavy atom. The third-order valence-corrected chi connectivity index (χ3v) is 3.75. The van der Waals surface area contributed by atoms with Crippen LogP contribution in [-0.4, -0.2) is 41.7 Å². The van der Waals surface area contributed by atoms with Gasteiger partial charge < -0.3 is 10.4 Å². The fourth-order valence-electron chi connectivity index (χ4n) is 2.62. The van der Waals surface area contributed by atoms with E-state index in [-0.39, 0.29) is 5.69 Å². The molecule has 1 aromatic rings. The van der Waals surface area contributed by atoms with Gasteiger partial charge in [-0.15, -0.1) is 0 Å². The normalized spacial score (nSPS) is 19.2. The molecule has 0 amide bonds. The maximum absolute atomic E-state index is 13.8. The smallest absolute Gasteiger partial charge is 0.338 e. The highest BCUT2D eigenvalue weighted by Crippen LogP contribution is 2.22. The van der Waals surface area contributed by atoms with E-state index in [1.807, 2.05) is 0 Å². The number of hydrogen-bond acceptors (Lipinski definition) is 3. The average Bonchev–Trinajstić information content (AvgIpc) is 2.87. The Kier molecular flexibility index (Phi) is 4.54. The van der Waals surface area contributed by atoms with Gasteiger partial charge in [0.2, 0.25) is 0 Å². The molecule has 0 radical (unpaired) electrons. The van der Waals surface area contributed by atoms with Crippen LogP contribution in [0.3, 0.4) is 0 Å². The predicted octanol–water partition coefficient (Wildman–Crippen LogP) is 2.56. The molecule has 1 aliphatic heterocycles. The van der Waals surface area contributed by atoms with E-state index < -0.39 is 23.2 Å². The van der Waals surface area contributed by atoms with Crippen molar-refractivity contribution in [1.82, 2.24) is 4.90 Å². The number of carboxylic acid groups (broad SMARTS) is 1. The van der Waals surface area contributed by atoms with Crippen LogP contribution in [0.15, 0.2) is 12.1 Å². The maximum Gasteiger partial charge on any atom is 0.338 e. The minimum absolute atomic E-state index is 0.00968. The molecule has 0 aliphatic carbocycles. The molecule has 1 atom stereocenters. The summed E-state index contributed by atoms with van der Waals surface area (Å²) < 4.78 is 27.3. The number of likely N-dealkylation sites (N-methyl/N-ethyl adjacent to an activating group) is 1. The van der Waals surface area contributed by atoms with Crippen molar-refractivity contribution >= 4 is 11.7 Å². The Hall–Kier alpha value is -1.69. The largest absolute Gasteiger partial charge is 0.478 e. The number of rotatable bonds is 5. The van der Waals surface area contributed by atoms with Crippen molar-refractivity contribution in [1.29, 1.82) is 0 Å². The molecule has 1 aromatic carbocycles. The summed E-state index contributed by atoms with van der Waals surface area (Å²) in [6.45, 7) is 4.55. The molecular weight excluding hydrogens is 266 g/mol. The number of aromatic carboxylic acids is 1. The first-order valence-electron chi connectivity index (χ1n) is 6.73. The van der Waals surface area contributed by atoms with E-state index in [0.29, 0.717) is 12.6 Å². The number of hydrogen-bond donors (Lipinski definition) is 2. The number of carbonyl (C=O) groups is 1. The lowest BCUT2D eigenvalue weighted by Gasteiger charge is -2.23. The third kappa shape index (κ3) is 2.90. The lowest BCUT2D eigenvalue weighted by atomic mass is 10.1. The molecule has 0 aromatic heterocycles. The van der Waals surface area contributed by atoms with Gasteiger partial charge in [0.15, 0.2) is 11.6 Å². The van der Waals surface area contributed by atoms with Gasteiger partial charge in [-0.3, -0.25) is 4.90 Å².